The molecule has 14 N–H and O–H groups in total. The van der Waals surface area contributed by atoms with Crippen LogP contribution in [0, 0.1) is 13.8 Å². The summed E-state index contributed by atoms with van der Waals surface area (Å²) in [4.78, 5) is 4.35. The van der Waals surface area contributed by atoms with Crippen LogP contribution in [0.2, 0.25) is 0 Å². The van der Waals surface area contributed by atoms with Gasteiger partial charge in [-0.3, -0.25) is 27.3 Å². The van der Waals surface area contributed by atoms with Gasteiger partial charge < -0.3 is 22.9 Å². The van der Waals surface area contributed by atoms with Crippen molar-refractivity contribution in [1.82, 2.24) is 9.97 Å². The number of aromatic nitrogens is 2. The van der Waals surface area contributed by atoms with Gasteiger partial charge in [0.15, 0.2) is 0 Å². The molecule has 10 aromatic rings. The molecule has 92 heavy (non-hydrogen) atoms. The standard InChI is InChI=1S/C52H40N14O18S8/c1-23-3-17-33-47(49(23)91(79,80)81)85-51(57-33)25-5-9-27(10-6-25)59-65-45-41(53)35(21-39(43(45)55)89(73,74)75)63-61-29-13-15-31(37(19-29)87(67,68)69)32-16-14-30(20-38(32)88(70,71)72)62-64-36-22-40(90(76,77)78)44(56)46(42(36)54)66-60-28-11-7-26(8-12-28)52-58-34-18-4-24(2)50(48(34)86-52)92(82,83)84/h3-22H,53-56H2,1-2H3,(H,67,68,69)(H,70,71,72)(H,73,74,75)(H,76,77,78)(H,79,80,81)(H,82,83,84). The van der Waals surface area contributed by atoms with E-state index in [1.807, 2.05) is 0 Å². The van der Waals surface area contributed by atoms with Crippen molar-refractivity contribution >= 4 is 172 Å². The minimum Gasteiger partial charge on any atom is -0.396 e. The Labute approximate surface area is 528 Å². The van der Waals surface area contributed by atoms with Gasteiger partial charge in [-0.25, -0.2) is 9.97 Å². The van der Waals surface area contributed by atoms with E-state index in [0.29, 0.717) is 67.6 Å². The van der Waals surface area contributed by atoms with Crippen molar-refractivity contribution < 1.29 is 77.8 Å². The highest BCUT2D eigenvalue weighted by molar-refractivity contribution is 7.87. The lowest BCUT2D eigenvalue weighted by atomic mass is 10.0. The van der Waals surface area contributed by atoms with E-state index in [9.17, 15) is 77.8 Å². The summed E-state index contributed by atoms with van der Waals surface area (Å²) < 4.78 is 212. The molecule has 0 radical (unpaired) electrons. The van der Waals surface area contributed by atoms with Crippen LogP contribution in [0.15, 0.2) is 192 Å². The quantitative estimate of drug-likeness (QED) is 0.0230. The second kappa shape index (κ2) is 24.0. The molecule has 40 heteroatoms. The zero-order valence-corrected chi connectivity index (χ0v) is 52.7. The normalized spacial score (nSPS) is 13.1. The van der Waals surface area contributed by atoms with Gasteiger partial charge in [0.25, 0.3) is 60.7 Å². The van der Waals surface area contributed by atoms with Gasteiger partial charge in [0.05, 0.1) is 65.9 Å². The SMILES string of the molecule is Cc1ccc2nc(-c3ccc(N=Nc4c(N)c(N=Nc5ccc(-c6ccc(N=Nc7cc(S(=O)(=O)O)c(N)c(N=Nc8ccc(-c9nc%10ccc(C)c(S(=O)(=O)O)c%10s9)cc8)c7N)cc6S(=O)(=O)O)c(S(=O)(=O)O)c5)cc(S(=O)(=O)O)c4N)cc3)sc2c1S(=O)(=O)O. The molecule has 0 saturated carbocycles. The van der Waals surface area contributed by atoms with E-state index in [4.69, 9.17) is 22.9 Å². The smallest absolute Gasteiger partial charge is 0.296 e. The molecule has 0 aliphatic heterocycles. The number of thiazole rings is 2. The first-order valence-electron chi connectivity index (χ1n) is 25.1. The fourth-order valence-corrected chi connectivity index (χ4v) is 16.3. The van der Waals surface area contributed by atoms with Crippen molar-refractivity contribution in [2.75, 3.05) is 22.9 Å². The topological polar surface area (TPSA) is 555 Å². The predicted molar refractivity (Wildman–Crippen MR) is 338 cm³/mol. The fraction of sp³-hybridized carbons (Fsp3) is 0.0385. The maximum absolute atomic E-state index is 13.0. The first-order chi connectivity index (χ1) is 42.9. The number of benzene rings is 8. The minimum atomic E-state index is -5.37. The Morgan fingerprint density at radius 1 is 0.348 bits per heavy atom. The number of hydrogen-bond acceptors (Lipinski definition) is 28. The molecule has 0 spiro atoms. The summed E-state index contributed by atoms with van der Waals surface area (Å²) in [6, 6.07) is 24.9. The molecule has 0 atom stereocenters. The lowest BCUT2D eigenvalue weighted by Crippen LogP contribution is -2.05. The maximum atomic E-state index is 13.0. The van der Waals surface area contributed by atoms with Crippen molar-refractivity contribution in [1.29, 1.82) is 0 Å². The number of hydrogen-bond donors (Lipinski definition) is 10. The van der Waals surface area contributed by atoms with Gasteiger partial charge in [0, 0.05) is 22.3 Å². The van der Waals surface area contributed by atoms with E-state index >= 15 is 0 Å². The van der Waals surface area contributed by atoms with Crippen molar-refractivity contribution in [3.05, 3.63) is 132 Å². The van der Waals surface area contributed by atoms with E-state index in [1.54, 1.807) is 36.4 Å². The lowest BCUT2D eigenvalue weighted by Gasteiger charge is -2.13. The second-order valence-corrected chi connectivity index (χ2v) is 29.7. The molecular formula is C52H40N14O18S8. The molecule has 32 nitrogen and oxygen atoms in total. The third-order valence-electron chi connectivity index (χ3n) is 13.2. The molecule has 0 unspecified atom stereocenters. The van der Waals surface area contributed by atoms with Crippen LogP contribution in [0.5, 0.6) is 0 Å². The Hall–Kier alpha value is -9.40. The highest BCUT2D eigenvalue weighted by atomic mass is 32.2. The second-order valence-electron chi connectivity index (χ2n) is 19.4. The van der Waals surface area contributed by atoms with E-state index in [0.717, 1.165) is 46.9 Å². The van der Waals surface area contributed by atoms with Gasteiger partial charge >= 0.3 is 0 Å². The molecule has 0 amide bonds. The average molecular weight is 1410 g/mol. The van der Waals surface area contributed by atoms with Crippen LogP contribution in [0.4, 0.5) is 68.2 Å². The van der Waals surface area contributed by atoms with E-state index in [-0.39, 0.29) is 30.6 Å². The molecule has 0 bridgehead atoms. The van der Waals surface area contributed by atoms with Crippen LogP contribution >= 0.6 is 22.7 Å². The number of nitrogens with two attached hydrogens (primary N) is 4. The zero-order valence-electron chi connectivity index (χ0n) is 46.2. The molecule has 474 valence electrons. The Balaban J connectivity index is 0.929. The molecule has 0 aliphatic rings. The number of nitrogen functional groups attached to an aromatic ring is 4. The van der Waals surface area contributed by atoms with Crippen molar-refractivity contribution in [2.24, 2.45) is 40.9 Å². The third-order valence-corrected chi connectivity index (χ3v) is 21.4. The van der Waals surface area contributed by atoms with Gasteiger partial charge in [0.2, 0.25) is 0 Å². The Bertz CT molecular complexity index is 5300. The molecule has 10 rings (SSSR count). The summed E-state index contributed by atoms with van der Waals surface area (Å²) in [6.45, 7) is 3.03. The lowest BCUT2D eigenvalue weighted by molar-refractivity contribution is 0.480. The Morgan fingerprint density at radius 2 is 0.663 bits per heavy atom. The molecule has 2 heterocycles. The van der Waals surface area contributed by atoms with E-state index < -0.39 is 148 Å². The summed E-state index contributed by atoms with van der Waals surface area (Å²) in [5.74, 6) is 0. The van der Waals surface area contributed by atoms with Crippen LogP contribution in [-0.4, -0.2) is 87.8 Å². The molecule has 8 aromatic carbocycles. The number of nitrogens with zero attached hydrogens (tertiary/aromatic N) is 10. The number of azo groups is 4. The highest BCUT2D eigenvalue weighted by Crippen LogP contribution is 2.47. The Kier molecular flexibility index (Phi) is 17.1. The van der Waals surface area contributed by atoms with Crippen LogP contribution in [0.1, 0.15) is 11.1 Å². The number of fused-ring (bicyclic) bond motifs is 2. The van der Waals surface area contributed by atoms with Crippen molar-refractivity contribution in [3.8, 4) is 32.3 Å². The molecule has 0 fully saturated rings. The summed E-state index contributed by atoms with van der Waals surface area (Å²) >= 11 is 2.00. The number of rotatable bonds is 17. The fourth-order valence-electron chi connectivity index (χ4n) is 8.95. The van der Waals surface area contributed by atoms with Crippen molar-refractivity contribution in [2.45, 2.75) is 43.2 Å². The minimum absolute atomic E-state index is 0.124. The number of aryl methyl sites for hydroxylation is 2. The van der Waals surface area contributed by atoms with Gasteiger partial charge in [-0.2, -0.15) is 71.0 Å². The van der Waals surface area contributed by atoms with Gasteiger partial charge in [-0.15, -0.1) is 43.1 Å². The van der Waals surface area contributed by atoms with E-state index in [2.05, 4.69) is 50.9 Å². The molecule has 2 aromatic heterocycles. The van der Waals surface area contributed by atoms with Crippen LogP contribution in [-0.2, 0) is 60.7 Å². The largest absolute Gasteiger partial charge is 0.396 e. The first-order valence-corrected chi connectivity index (χ1v) is 35.4. The van der Waals surface area contributed by atoms with Gasteiger partial charge in [-0.1, -0.05) is 24.3 Å². The maximum Gasteiger partial charge on any atom is 0.296 e. The summed E-state index contributed by atoms with van der Waals surface area (Å²) in [5.41, 5.74) is 20.8. The average Bonchev–Trinajstić information content (AvgIpc) is 1.27. The molecular weight excluding hydrogens is 1370 g/mol. The first kappa shape index (κ1) is 65.5. The van der Waals surface area contributed by atoms with Gasteiger partial charge in [0.1, 0.15) is 62.1 Å². The predicted octanol–water partition coefficient (Wildman–Crippen LogP) is 12.0. The van der Waals surface area contributed by atoms with Crippen LogP contribution in [0.3, 0.4) is 0 Å². The van der Waals surface area contributed by atoms with Crippen molar-refractivity contribution in [3.63, 3.8) is 0 Å². The summed E-state index contributed by atoms with van der Waals surface area (Å²) in [6.07, 6.45) is 0. The Morgan fingerprint density at radius 3 is 0.978 bits per heavy atom. The highest BCUT2D eigenvalue weighted by Gasteiger charge is 2.28. The monoisotopic (exact) mass is 1400 g/mol. The summed E-state index contributed by atoms with van der Waals surface area (Å²) in [5, 5.41) is 32.5. The van der Waals surface area contributed by atoms with E-state index in [1.165, 1.54) is 50.2 Å². The number of anilines is 4. The molecule has 0 saturated heterocycles. The van der Waals surface area contributed by atoms with Gasteiger partial charge in [-0.05, 0) is 122 Å². The molecule has 0 aliphatic carbocycles. The van der Waals surface area contributed by atoms with Crippen LogP contribution < -0.4 is 22.9 Å². The zero-order chi connectivity index (χ0) is 66.9. The summed E-state index contributed by atoms with van der Waals surface area (Å²) in [7, 11) is -30.3. The van der Waals surface area contributed by atoms with Crippen LogP contribution in [0.25, 0.3) is 52.7 Å². The third kappa shape index (κ3) is 13.5.